The fourth-order valence-electron chi connectivity index (χ4n) is 3.41. The van der Waals surface area contributed by atoms with E-state index in [-0.39, 0.29) is 40.0 Å². The number of aromatic nitrogens is 2. The standard InChI is InChI=1S/C23H20N4O6S/c1-3-27-19(21(28)26-23-24-13-6-14-25-23)20(17-7-4-5-8-18(17)34(27,30)31)33-22(29)15-9-11-16(32-2)12-10-15/h4-14H,3H2,1-2H3,(H,24,25,26,28). The number of anilines is 1. The second kappa shape index (κ2) is 9.32. The summed E-state index contributed by atoms with van der Waals surface area (Å²) < 4.78 is 38.3. The fraction of sp³-hybridized carbons (Fsp3) is 0.130. The van der Waals surface area contributed by atoms with E-state index in [1.165, 1.54) is 43.8 Å². The molecule has 2 aromatic carbocycles. The maximum atomic E-state index is 13.3. The summed E-state index contributed by atoms with van der Waals surface area (Å²) in [5.74, 6) is -1.30. The van der Waals surface area contributed by atoms with Crippen LogP contribution in [0.3, 0.4) is 0 Å². The van der Waals surface area contributed by atoms with Gasteiger partial charge in [-0.15, -0.1) is 0 Å². The Balaban J connectivity index is 1.84. The number of carbonyl (C=O) groups excluding carboxylic acids is 2. The highest BCUT2D eigenvalue weighted by molar-refractivity contribution is 7.89. The first-order valence-corrected chi connectivity index (χ1v) is 11.6. The van der Waals surface area contributed by atoms with Gasteiger partial charge in [0.25, 0.3) is 15.9 Å². The lowest BCUT2D eigenvalue weighted by Crippen LogP contribution is -2.40. The van der Waals surface area contributed by atoms with Crippen molar-refractivity contribution in [2.75, 3.05) is 19.0 Å². The van der Waals surface area contributed by atoms with Crippen molar-refractivity contribution in [2.24, 2.45) is 0 Å². The number of likely N-dealkylation sites (N-methyl/N-ethyl adjacent to an activating group) is 1. The first-order valence-electron chi connectivity index (χ1n) is 10.2. The zero-order valence-electron chi connectivity index (χ0n) is 18.3. The Kier molecular flexibility index (Phi) is 6.28. The van der Waals surface area contributed by atoms with Crippen LogP contribution in [-0.2, 0) is 19.6 Å². The second-order valence-electron chi connectivity index (χ2n) is 6.99. The van der Waals surface area contributed by atoms with E-state index >= 15 is 0 Å². The molecule has 174 valence electrons. The number of amides is 1. The molecule has 2 heterocycles. The SMILES string of the molecule is CCN1C(C(=O)Nc2ncccn2)=C(OC(=O)c2ccc(OC)cc2)c2ccccc2S1(=O)=O. The molecule has 0 saturated carbocycles. The molecule has 0 atom stereocenters. The number of rotatable bonds is 6. The van der Waals surface area contributed by atoms with Gasteiger partial charge in [-0.25, -0.2) is 23.2 Å². The number of ether oxygens (including phenoxy) is 2. The Hall–Kier alpha value is -4.25. The van der Waals surface area contributed by atoms with Crippen LogP contribution in [0.15, 0.2) is 77.6 Å². The summed E-state index contributed by atoms with van der Waals surface area (Å²) in [4.78, 5) is 34.1. The monoisotopic (exact) mass is 480 g/mol. The van der Waals surface area contributed by atoms with Gasteiger partial charge in [0.05, 0.1) is 17.6 Å². The third-order valence-corrected chi connectivity index (χ3v) is 6.91. The summed E-state index contributed by atoms with van der Waals surface area (Å²) in [6.07, 6.45) is 2.85. The molecule has 0 bridgehead atoms. The lowest BCUT2D eigenvalue weighted by atomic mass is 10.1. The van der Waals surface area contributed by atoms with Crippen LogP contribution in [0.25, 0.3) is 5.76 Å². The first kappa shape index (κ1) is 22.9. The number of esters is 1. The predicted molar refractivity (Wildman–Crippen MR) is 122 cm³/mol. The highest BCUT2D eigenvalue weighted by Gasteiger charge is 2.41. The van der Waals surface area contributed by atoms with Gasteiger partial charge in [0, 0.05) is 24.5 Å². The molecule has 0 aliphatic carbocycles. The molecule has 0 saturated heterocycles. The average molecular weight is 481 g/mol. The van der Waals surface area contributed by atoms with E-state index in [0.717, 1.165) is 4.31 Å². The highest BCUT2D eigenvalue weighted by atomic mass is 32.2. The molecule has 4 rings (SSSR count). The molecule has 0 fully saturated rings. The molecule has 10 nitrogen and oxygen atoms in total. The number of nitrogens with zero attached hydrogens (tertiary/aromatic N) is 3. The summed E-state index contributed by atoms with van der Waals surface area (Å²) in [5.41, 5.74) is -0.0721. The van der Waals surface area contributed by atoms with Crippen molar-refractivity contribution in [3.05, 3.63) is 83.8 Å². The zero-order valence-corrected chi connectivity index (χ0v) is 19.1. The predicted octanol–water partition coefficient (Wildman–Crippen LogP) is 2.67. The van der Waals surface area contributed by atoms with Crippen molar-refractivity contribution in [2.45, 2.75) is 11.8 Å². The lowest BCUT2D eigenvalue weighted by Gasteiger charge is -2.31. The molecular weight excluding hydrogens is 460 g/mol. The van der Waals surface area contributed by atoms with E-state index in [1.807, 2.05) is 0 Å². The molecule has 1 aromatic heterocycles. The van der Waals surface area contributed by atoms with Gasteiger partial charge in [-0.1, -0.05) is 12.1 Å². The van der Waals surface area contributed by atoms with E-state index < -0.39 is 21.9 Å². The van der Waals surface area contributed by atoms with Gasteiger partial charge in [0.15, 0.2) is 11.5 Å². The molecular formula is C23H20N4O6S. The van der Waals surface area contributed by atoms with Crippen molar-refractivity contribution in [1.82, 2.24) is 14.3 Å². The minimum Gasteiger partial charge on any atom is -0.497 e. The number of benzene rings is 2. The van der Waals surface area contributed by atoms with Gasteiger partial charge in [-0.05, 0) is 49.4 Å². The molecule has 1 amide bonds. The molecule has 0 radical (unpaired) electrons. The number of fused-ring (bicyclic) bond motifs is 1. The first-order chi connectivity index (χ1) is 16.4. The Morgan fingerprint density at radius 3 is 2.32 bits per heavy atom. The Morgan fingerprint density at radius 2 is 1.68 bits per heavy atom. The maximum Gasteiger partial charge on any atom is 0.343 e. The molecule has 3 aromatic rings. The van der Waals surface area contributed by atoms with Crippen LogP contribution < -0.4 is 10.1 Å². The van der Waals surface area contributed by atoms with Crippen LogP contribution in [0, 0.1) is 0 Å². The number of hydrogen-bond donors (Lipinski definition) is 1. The molecule has 1 aliphatic heterocycles. The largest absolute Gasteiger partial charge is 0.497 e. The Morgan fingerprint density at radius 1 is 1.00 bits per heavy atom. The van der Waals surface area contributed by atoms with Gasteiger partial charge in [-0.3, -0.25) is 14.4 Å². The third kappa shape index (κ3) is 4.20. The summed E-state index contributed by atoms with van der Waals surface area (Å²) in [7, 11) is -2.60. The van der Waals surface area contributed by atoms with E-state index in [1.54, 1.807) is 37.3 Å². The quantitative estimate of drug-likeness (QED) is 0.534. The topological polar surface area (TPSA) is 128 Å². The minimum atomic E-state index is -4.10. The normalized spacial score (nSPS) is 14.2. The maximum absolute atomic E-state index is 13.3. The van der Waals surface area contributed by atoms with Gasteiger partial charge in [-0.2, -0.15) is 0 Å². The number of sulfonamides is 1. The molecule has 11 heteroatoms. The average Bonchev–Trinajstić information content (AvgIpc) is 2.86. The smallest absolute Gasteiger partial charge is 0.343 e. The van der Waals surface area contributed by atoms with Crippen molar-refractivity contribution in [1.29, 1.82) is 0 Å². The summed E-state index contributed by atoms with van der Waals surface area (Å²) in [5, 5.41) is 2.47. The van der Waals surface area contributed by atoms with Crippen LogP contribution in [0.5, 0.6) is 5.75 Å². The number of carbonyl (C=O) groups is 2. The van der Waals surface area contributed by atoms with Gasteiger partial charge in [0.2, 0.25) is 5.95 Å². The zero-order chi connectivity index (χ0) is 24.3. The van der Waals surface area contributed by atoms with Gasteiger partial charge < -0.3 is 9.47 Å². The van der Waals surface area contributed by atoms with E-state index in [4.69, 9.17) is 9.47 Å². The molecule has 1 N–H and O–H groups in total. The third-order valence-electron chi connectivity index (χ3n) is 4.98. The fourth-order valence-corrected chi connectivity index (χ4v) is 5.08. The molecule has 34 heavy (non-hydrogen) atoms. The second-order valence-corrected chi connectivity index (χ2v) is 8.82. The van der Waals surface area contributed by atoms with E-state index in [0.29, 0.717) is 5.75 Å². The Bertz CT molecular complexity index is 1370. The van der Waals surface area contributed by atoms with Crippen LogP contribution in [-0.4, -0.2) is 48.2 Å². The van der Waals surface area contributed by atoms with Crippen molar-refractivity contribution in [3.8, 4) is 5.75 Å². The minimum absolute atomic E-state index is 0.0341. The number of methoxy groups -OCH3 is 1. The lowest BCUT2D eigenvalue weighted by molar-refractivity contribution is -0.113. The highest BCUT2D eigenvalue weighted by Crippen LogP contribution is 2.38. The molecule has 0 unspecified atom stereocenters. The molecule has 0 spiro atoms. The van der Waals surface area contributed by atoms with Crippen LogP contribution in [0.1, 0.15) is 22.8 Å². The van der Waals surface area contributed by atoms with E-state index in [2.05, 4.69) is 15.3 Å². The van der Waals surface area contributed by atoms with Crippen LogP contribution in [0.2, 0.25) is 0 Å². The van der Waals surface area contributed by atoms with E-state index in [9.17, 15) is 18.0 Å². The number of hydrogen-bond acceptors (Lipinski definition) is 8. The van der Waals surface area contributed by atoms with Gasteiger partial charge in [0.1, 0.15) is 5.75 Å². The van der Waals surface area contributed by atoms with Crippen molar-refractivity contribution < 1.29 is 27.5 Å². The summed E-state index contributed by atoms with van der Waals surface area (Å²) >= 11 is 0. The van der Waals surface area contributed by atoms with Crippen LogP contribution in [0.4, 0.5) is 5.95 Å². The van der Waals surface area contributed by atoms with Crippen LogP contribution >= 0.6 is 0 Å². The van der Waals surface area contributed by atoms with Crippen molar-refractivity contribution >= 4 is 33.6 Å². The van der Waals surface area contributed by atoms with Gasteiger partial charge >= 0.3 is 5.97 Å². The number of nitrogens with one attached hydrogen (secondary N) is 1. The summed E-state index contributed by atoms with van der Waals surface area (Å²) in [6.45, 7) is 1.49. The summed E-state index contributed by atoms with van der Waals surface area (Å²) in [6, 6.07) is 13.8. The Labute approximate surface area is 195 Å². The van der Waals surface area contributed by atoms with Crippen molar-refractivity contribution in [3.63, 3.8) is 0 Å². The molecule has 1 aliphatic rings.